The molecule has 6 rings (SSSR count). The number of H-pyrrole nitrogens is 1. The zero-order valence-electron chi connectivity index (χ0n) is 22.3. The van der Waals surface area contributed by atoms with Crippen molar-refractivity contribution in [1.29, 1.82) is 0 Å². The first-order valence-electron chi connectivity index (χ1n) is 12.5. The number of benzene rings is 4. The SMILES string of the molecule is COc1cc2c(cc1Br)[nH]c1c3c(cc(-c4cc(OC)c(OC)c(OC)c4)c12)C(=O)N(Cc1ccccc1)C3=O. The van der Waals surface area contributed by atoms with Crippen LogP contribution in [0, 0.1) is 0 Å². The number of nitrogens with one attached hydrogen (secondary N) is 1. The highest BCUT2D eigenvalue weighted by Gasteiger charge is 2.39. The van der Waals surface area contributed by atoms with Gasteiger partial charge in [0.25, 0.3) is 11.8 Å². The van der Waals surface area contributed by atoms with Crippen LogP contribution in [0.2, 0.25) is 0 Å². The van der Waals surface area contributed by atoms with Gasteiger partial charge in [-0.15, -0.1) is 0 Å². The van der Waals surface area contributed by atoms with Crippen LogP contribution in [0.15, 0.2) is 65.1 Å². The van der Waals surface area contributed by atoms with E-state index in [1.807, 2.05) is 54.6 Å². The monoisotopic (exact) mass is 600 g/mol. The van der Waals surface area contributed by atoms with E-state index in [1.165, 1.54) is 4.90 Å². The summed E-state index contributed by atoms with van der Waals surface area (Å²) in [5, 5.41) is 1.61. The van der Waals surface area contributed by atoms with Crippen molar-refractivity contribution in [2.45, 2.75) is 6.54 Å². The van der Waals surface area contributed by atoms with Gasteiger partial charge in [-0.3, -0.25) is 14.5 Å². The smallest absolute Gasteiger partial charge is 0.264 e. The number of nitrogens with zero attached hydrogens (tertiary/aromatic N) is 1. The largest absolute Gasteiger partial charge is 0.496 e. The highest BCUT2D eigenvalue weighted by atomic mass is 79.9. The summed E-state index contributed by atoms with van der Waals surface area (Å²) in [7, 11) is 6.25. The van der Waals surface area contributed by atoms with Crippen LogP contribution in [-0.2, 0) is 6.54 Å². The first-order valence-corrected chi connectivity index (χ1v) is 13.3. The van der Waals surface area contributed by atoms with E-state index in [-0.39, 0.29) is 18.4 Å². The summed E-state index contributed by atoms with van der Waals surface area (Å²) in [6, 6.07) is 18.7. The summed E-state index contributed by atoms with van der Waals surface area (Å²) >= 11 is 3.56. The van der Waals surface area contributed by atoms with Gasteiger partial charge in [-0.05, 0) is 63.0 Å². The Hall–Kier alpha value is -4.50. The van der Waals surface area contributed by atoms with E-state index in [4.69, 9.17) is 18.9 Å². The van der Waals surface area contributed by atoms with Gasteiger partial charge in [0.1, 0.15) is 5.75 Å². The molecule has 0 saturated carbocycles. The fraction of sp³-hybridized carbons (Fsp3) is 0.161. The van der Waals surface area contributed by atoms with Gasteiger partial charge in [-0.25, -0.2) is 0 Å². The molecule has 1 aliphatic rings. The van der Waals surface area contributed by atoms with Crippen molar-refractivity contribution in [2.75, 3.05) is 28.4 Å². The zero-order chi connectivity index (χ0) is 28.1. The van der Waals surface area contributed by atoms with Crippen molar-refractivity contribution in [3.63, 3.8) is 0 Å². The van der Waals surface area contributed by atoms with Gasteiger partial charge >= 0.3 is 0 Å². The van der Waals surface area contributed by atoms with Crippen molar-refractivity contribution >= 4 is 49.6 Å². The molecular formula is C31H25BrN2O6. The Morgan fingerprint density at radius 2 is 1.45 bits per heavy atom. The molecule has 1 N–H and O–H groups in total. The number of carbonyl (C=O) groups is 2. The molecule has 8 nitrogen and oxygen atoms in total. The molecule has 0 radical (unpaired) electrons. The van der Waals surface area contributed by atoms with Crippen molar-refractivity contribution < 1.29 is 28.5 Å². The number of halogens is 1. The van der Waals surface area contributed by atoms with Gasteiger partial charge in [0.2, 0.25) is 5.75 Å². The molecule has 2 heterocycles. The van der Waals surface area contributed by atoms with Crippen LogP contribution < -0.4 is 18.9 Å². The molecule has 0 unspecified atom stereocenters. The fourth-order valence-corrected chi connectivity index (χ4v) is 5.89. The van der Waals surface area contributed by atoms with Crippen LogP contribution in [-0.4, -0.2) is 50.1 Å². The first kappa shape index (κ1) is 25.8. The number of rotatable bonds is 7. The average molecular weight is 601 g/mol. The number of methoxy groups -OCH3 is 4. The average Bonchev–Trinajstić information content (AvgIpc) is 3.45. The van der Waals surface area contributed by atoms with Gasteiger partial charge in [0.15, 0.2) is 11.5 Å². The van der Waals surface area contributed by atoms with Crippen LogP contribution >= 0.6 is 15.9 Å². The zero-order valence-corrected chi connectivity index (χ0v) is 23.8. The predicted molar refractivity (Wildman–Crippen MR) is 156 cm³/mol. The van der Waals surface area contributed by atoms with Gasteiger partial charge in [-0.1, -0.05) is 30.3 Å². The first-order chi connectivity index (χ1) is 19.4. The number of hydrogen-bond donors (Lipinski definition) is 1. The van der Waals surface area contributed by atoms with E-state index in [9.17, 15) is 9.59 Å². The number of hydrogen-bond acceptors (Lipinski definition) is 6. The lowest BCUT2D eigenvalue weighted by molar-refractivity contribution is 0.0643. The summed E-state index contributed by atoms with van der Waals surface area (Å²) in [5.41, 5.74) is 4.35. The van der Waals surface area contributed by atoms with Gasteiger partial charge < -0.3 is 23.9 Å². The number of imide groups is 1. The third-order valence-electron chi connectivity index (χ3n) is 7.24. The summed E-state index contributed by atoms with van der Waals surface area (Å²) in [6.45, 7) is 0.174. The second kappa shape index (κ2) is 9.91. The minimum absolute atomic E-state index is 0.174. The van der Waals surface area contributed by atoms with Crippen molar-refractivity contribution in [3.8, 4) is 34.1 Å². The third kappa shape index (κ3) is 3.88. The van der Waals surface area contributed by atoms with E-state index < -0.39 is 0 Å². The molecule has 9 heteroatoms. The molecule has 202 valence electrons. The molecule has 1 aromatic heterocycles. The quantitative estimate of drug-likeness (QED) is 0.212. The van der Waals surface area contributed by atoms with Gasteiger partial charge in [0, 0.05) is 16.3 Å². The van der Waals surface area contributed by atoms with Crippen molar-refractivity contribution in [1.82, 2.24) is 9.88 Å². The number of ether oxygens (including phenoxy) is 4. The third-order valence-corrected chi connectivity index (χ3v) is 7.86. The minimum Gasteiger partial charge on any atom is -0.496 e. The van der Waals surface area contributed by atoms with E-state index in [0.717, 1.165) is 37.5 Å². The van der Waals surface area contributed by atoms with Gasteiger partial charge in [0.05, 0.1) is 56.1 Å². The summed E-state index contributed by atoms with van der Waals surface area (Å²) in [5.74, 6) is 1.34. The molecular weight excluding hydrogens is 576 g/mol. The lowest BCUT2D eigenvalue weighted by Gasteiger charge is -2.15. The number of aromatic nitrogens is 1. The van der Waals surface area contributed by atoms with E-state index in [2.05, 4.69) is 20.9 Å². The summed E-state index contributed by atoms with van der Waals surface area (Å²) in [4.78, 5) is 32.3. The fourth-order valence-electron chi connectivity index (χ4n) is 5.38. The summed E-state index contributed by atoms with van der Waals surface area (Å²) < 4.78 is 23.1. The highest BCUT2D eigenvalue weighted by Crippen LogP contribution is 2.47. The predicted octanol–water partition coefficient (Wildman–Crippen LogP) is 6.58. The standard InChI is InChI=1S/C31H25BrN2O6/c1-37-23-13-19-22(14-21(23)32)33-28-26(19)18(17-10-24(38-2)29(40-4)25(11-17)39-3)12-20-27(28)31(36)34(30(20)35)15-16-8-6-5-7-9-16/h5-14,33H,15H2,1-4H3. The van der Waals surface area contributed by atoms with Crippen LogP contribution in [0.1, 0.15) is 26.3 Å². The number of aromatic amines is 1. The molecule has 5 aromatic rings. The van der Waals surface area contributed by atoms with E-state index >= 15 is 0 Å². The summed E-state index contributed by atoms with van der Waals surface area (Å²) in [6.07, 6.45) is 0. The molecule has 1 aliphatic heterocycles. The lowest BCUT2D eigenvalue weighted by atomic mass is 9.93. The number of fused-ring (bicyclic) bond motifs is 5. The number of carbonyl (C=O) groups excluding carboxylic acids is 2. The number of amides is 2. The molecule has 2 amide bonds. The molecule has 0 saturated heterocycles. The molecule has 0 spiro atoms. The Morgan fingerprint density at radius 1 is 0.775 bits per heavy atom. The Balaban J connectivity index is 1.67. The maximum absolute atomic E-state index is 13.8. The highest BCUT2D eigenvalue weighted by molar-refractivity contribution is 9.10. The molecule has 0 bridgehead atoms. The Kier molecular flexibility index (Phi) is 6.38. The maximum atomic E-state index is 13.8. The van der Waals surface area contributed by atoms with Gasteiger partial charge in [-0.2, -0.15) is 0 Å². The van der Waals surface area contributed by atoms with Crippen molar-refractivity contribution in [3.05, 3.63) is 81.8 Å². The molecule has 0 fully saturated rings. The topological polar surface area (TPSA) is 90.1 Å². The van der Waals surface area contributed by atoms with Crippen LogP contribution in [0.25, 0.3) is 32.9 Å². The Morgan fingerprint density at radius 3 is 2.08 bits per heavy atom. The van der Waals surface area contributed by atoms with E-state index in [0.29, 0.717) is 39.6 Å². The van der Waals surface area contributed by atoms with Crippen molar-refractivity contribution in [2.24, 2.45) is 0 Å². The molecule has 4 aromatic carbocycles. The van der Waals surface area contributed by atoms with Crippen LogP contribution in [0.4, 0.5) is 0 Å². The Labute approximate surface area is 238 Å². The molecule has 0 aliphatic carbocycles. The Bertz CT molecular complexity index is 1800. The minimum atomic E-state index is -0.350. The molecule has 40 heavy (non-hydrogen) atoms. The van der Waals surface area contributed by atoms with Crippen LogP contribution in [0.3, 0.4) is 0 Å². The lowest BCUT2D eigenvalue weighted by Crippen LogP contribution is -2.29. The van der Waals surface area contributed by atoms with E-state index in [1.54, 1.807) is 34.5 Å². The normalized spacial score (nSPS) is 12.8. The van der Waals surface area contributed by atoms with Crippen LogP contribution in [0.5, 0.6) is 23.0 Å². The second-order valence-corrected chi connectivity index (χ2v) is 10.2. The second-order valence-electron chi connectivity index (χ2n) is 9.35. The molecule has 0 atom stereocenters. The maximum Gasteiger partial charge on any atom is 0.264 e.